The van der Waals surface area contributed by atoms with Gasteiger partial charge in [0, 0.05) is 12.6 Å². The van der Waals surface area contributed by atoms with Gasteiger partial charge in [0.15, 0.2) is 0 Å². The van der Waals surface area contributed by atoms with Crippen LogP contribution in [0.25, 0.3) is 0 Å². The van der Waals surface area contributed by atoms with Crippen LogP contribution in [0.5, 0.6) is 0 Å². The Labute approximate surface area is 59.6 Å². The van der Waals surface area contributed by atoms with Gasteiger partial charge in [-0.15, -0.1) is 0 Å². The van der Waals surface area contributed by atoms with Crippen molar-refractivity contribution in [1.29, 1.82) is 0 Å². The predicted octanol–water partition coefficient (Wildman–Crippen LogP) is -0.561. The molecule has 0 bridgehead atoms. The fourth-order valence-corrected chi connectivity index (χ4v) is 1.10. The largest absolute Gasteiger partial charge is 0.396 e. The van der Waals surface area contributed by atoms with E-state index in [-0.39, 0.29) is 24.7 Å². The molecule has 0 spiro atoms. The number of hydrogen-bond acceptors (Lipinski definition) is 2. The Bertz CT molecular complexity index is 138. The van der Waals surface area contributed by atoms with Crippen molar-refractivity contribution in [2.75, 3.05) is 6.61 Å². The SMILES string of the molecule is C[C@H]1NC(=O)N[C@H]1CCO. The Kier molecular flexibility index (Phi) is 2.11. The average Bonchev–Trinajstić information content (AvgIpc) is 2.13. The molecule has 3 N–H and O–H groups in total. The fourth-order valence-electron chi connectivity index (χ4n) is 1.10. The molecule has 58 valence electrons. The number of aliphatic hydroxyl groups is 1. The smallest absolute Gasteiger partial charge is 0.315 e. The van der Waals surface area contributed by atoms with Crippen LogP contribution in [0.3, 0.4) is 0 Å². The molecule has 4 nitrogen and oxygen atoms in total. The Balaban J connectivity index is 2.38. The lowest BCUT2D eigenvalue weighted by Crippen LogP contribution is -2.31. The molecule has 1 rings (SSSR count). The van der Waals surface area contributed by atoms with Gasteiger partial charge in [-0.3, -0.25) is 0 Å². The summed E-state index contributed by atoms with van der Waals surface area (Å²) in [6.07, 6.45) is 0.625. The van der Waals surface area contributed by atoms with Crippen LogP contribution in [0.4, 0.5) is 4.79 Å². The maximum absolute atomic E-state index is 10.6. The van der Waals surface area contributed by atoms with Crippen LogP contribution in [0.15, 0.2) is 0 Å². The van der Waals surface area contributed by atoms with Gasteiger partial charge in [0.25, 0.3) is 0 Å². The minimum absolute atomic E-state index is 0.0949. The molecule has 1 aliphatic rings. The summed E-state index contributed by atoms with van der Waals surface area (Å²) in [4.78, 5) is 10.6. The normalized spacial score (nSPS) is 31.6. The Morgan fingerprint density at radius 3 is 2.70 bits per heavy atom. The summed E-state index contributed by atoms with van der Waals surface area (Å²) in [5.41, 5.74) is 0. The molecule has 0 aromatic rings. The highest BCUT2D eigenvalue weighted by Gasteiger charge is 2.26. The van der Waals surface area contributed by atoms with Crippen molar-refractivity contribution in [3.05, 3.63) is 0 Å². The lowest BCUT2D eigenvalue weighted by Gasteiger charge is -2.10. The van der Waals surface area contributed by atoms with E-state index in [0.717, 1.165) is 0 Å². The molecule has 0 radical (unpaired) electrons. The second kappa shape index (κ2) is 2.88. The Hall–Kier alpha value is -0.770. The standard InChI is InChI=1S/C6H12N2O2/c1-4-5(2-3-9)8-6(10)7-4/h4-5,9H,2-3H2,1H3,(H2,7,8,10)/t4-,5+/m1/s1. The van der Waals surface area contributed by atoms with Crippen LogP contribution in [-0.2, 0) is 0 Å². The third-order valence-electron chi connectivity index (χ3n) is 1.72. The first-order chi connectivity index (χ1) is 4.74. The predicted molar refractivity (Wildman–Crippen MR) is 36.6 cm³/mol. The van der Waals surface area contributed by atoms with Gasteiger partial charge in [-0.1, -0.05) is 0 Å². The van der Waals surface area contributed by atoms with E-state index in [9.17, 15) is 4.79 Å². The summed E-state index contributed by atoms with van der Waals surface area (Å²) in [6, 6.07) is 0.100. The van der Waals surface area contributed by atoms with Gasteiger partial charge < -0.3 is 15.7 Å². The van der Waals surface area contributed by atoms with Gasteiger partial charge in [-0.25, -0.2) is 4.79 Å². The molecule has 0 aliphatic carbocycles. The number of rotatable bonds is 2. The summed E-state index contributed by atoms with van der Waals surface area (Å²) >= 11 is 0. The van der Waals surface area contributed by atoms with Crippen molar-refractivity contribution in [3.63, 3.8) is 0 Å². The lowest BCUT2D eigenvalue weighted by molar-refractivity contribution is 0.245. The van der Waals surface area contributed by atoms with Gasteiger partial charge in [-0.2, -0.15) is 0 Å². The number of carbonyl (C=O) groups excluding carboxylic acids is 1. The number of carbonyl (C=O) groups is 1. The summed E-state index contributed by atoms with van der Waals surface area (Å²) in [7, 11) is 0. The first-order valence-electron chi connectivity index (χ1n) is 3.42. The first-order valence-corrected chi connectivity index (χ1v) is 3.42. The minimum Gasteiger partial charge on any atom is -0.396 e. The quantitative estimate of drug-likeness (QED) is 0.486. The van der Waals surface area contributed by atoms with Crippen LogP contribution in [-0.4, -0.2) is 29.8 Å². The van der Waals surface area contributed by atoms with E-state index in [4.69, 9.17) is 5.11 Å². The Morgan fingerprint density at radius 1 is 1.60 bits per heavy atom. The van der Waals surface area contributed by atoms with Crippen molar-refractivity contribution < 1.29 is 9.90 Å². The fraction of sp³-hybridized carbons (Fsp3) is 0.833. The van der Waals surface area contributed by atoms with Gasteiger partial charge in [-0.05, 0) is 13.3 Å². The molecule has 4 heteroatoms. The lowest BCUT2D eigenvalue weighted by atomic mass is 10.1. The van der Waals surface area contributed by atoms with Gasteiger partial charge in [0.1, 0.15) is 0 Å². The second-order valence-electron chi connectivity index (χ2n) is 2.53. The van der Waals surface area contributed by atoms with Crippen molar-refractivity contribution in [2.24, 2.45) is 0 Å². The number of nitrogens with one attached hydrogen (secondary N) is 2. The van der Waals surface area contributed by atoms with E-state index in [1.165, 1.54) is 0 Å². The minimum atomic E-state index is -0.133. The van der Waals surface area contributed by atoms with E-state index < -0.39 is 0 Å². The van der Waals surface area contributed by atoms with Crippen LogP contribution >= 0.6 is 0 Å². The number of aliphatic hydroxyl groups excluding tert-OH is 1. The molecule has 0 aromatic heterocycles. The molecule has 0 unspecified atom stereocenters. The molecule has 0 aromatic carbocycles. The number of amides is 2. The molecule has 2 amide bonds. The van der Waals surface area contributed by atoms with E-state index in [1.54, 1.807) is 0 Å². The maximum atomic E-state index is 10.6. The molecule has 1 saturated heterocycles. The highest BCUT2D eigenvalue weighted by atomic mass is 16.3. The molecule has 0 saturated carbocycles. The van der Waals surface area contributed by atoms with Crippen molar-refractivity contribution in [2.45, 2.75) is 25.4 Å². The summed E-state index contributed by atoms with van der Waals surface area (Å²) in [6.45, 7) is 2.04. The van der Waals surface area contributed by atoms with Crippen molar-refractivity contribution in [3.8, 4) is 0 Å². The molecule has 1 fully saturated rings. The van der Waals surface area contributed by atoms with Crippen LogP contribution in [0.2, 0.25) is 0 Å². The van der Waals surface area contributed by atoms with Gasteiger partial charge in [0.2, 0.25) is 0 Å². The van der Waals surface area contributed by atoms with Crippen LogP contribution in [0.1, 0.15) is 13.3 Å². The first kappa shape index (κ1) is 7.34. The molecule has 10 heavy (non-hydrogen) atoms. The Morgan fingerprint density at radius 2 is 2.30 bits per heavy atom. The topological polar surface area (TPSA) is 61.4 Å². The third kappa shape index (κ3) is 1.39. The average molecular weight is 144 g/mol. The molecule has 1 heterocycles. The molecule has 1 aliphatic heterocycles. The summed E-state index contributed by atoms with van der Waals surface area (Å²) in [5.74, 6) is 0. The van der Waals surface area contributed by atoms with E-state index in [2.05, 4.69) is 10.6 Å². The monoisotopic (exact) mass is 144 g/mol. The molecular formula is C6H12N2O2. The second-order valence-corrected chi connectivity index (χ2v) is 2.53. The summed E-state index contributed by atoms with van der Waals surface area (Å²) in [5, 5.41) is 13.9. The van der Waals surface area contributed by atoms with Crippen molar-refractivity contribution >= 4 is 6.03 Å². The summed E-state index contributed by atoms with van der Waals surface area (Å²) < 4.78 is 0. The highest BCUT2D eigenvalue weighted by molar-refractivity contribution is 5.77. The number of urea groups is 1. The van der Waals surface area contributed by atoms with Gasteiger partial charge in [0.05, 0.1) is 6.04 Å². The van der Waals surface area contributed by atoms with Crippen LogP contribution in [0, 0.1) is 0 Å². The van der Waals surface area contributed by atoms with Gasteiger partial charge >= 0.3 is 6.03 Å². The highest BCUT2D eigenvalue weighted by Crippen LogP contribution is 2.03. The molecular weight excluding hydrogens is 132 g/mol. The maximum Gasteiger partial charge on any atom is 0.315 e. The molecule has 2 atom stereocenters. The third-order valence-corrected chi connectivity index (χ3v) is 1.72. The zero-order valence-corrected chi connectivity index (χ0v) is 5.92. The van der Waals surface area contributed by atoms with E-state index in [0.29, 0.717) is 6.42 Å². The van der Waals surface area contributed by atoms with E-state index in [1.807, 2.05) is 6.92 Å². The zero-order chi connectivity index (χ0) is 7.56. The van der Waals surface area contributed by atoms with Crippen molar-refractivity contribution in [1.82, 2.24) is 10.6 Å². The van der Waals surface area contributed by atoms with E-state index >= 15 is 0 Å². The number of hydrogen-bond donors (Lipinski definition) is 3. The zero-order valence-electron chi connectivity index (χ0n) is 5.92. The van der Waals surface area contributed by atoms with Crippen LogP contribution < -0.4 is 10.6 Å².